The summed E-state index contributed by atoms with van der Waals surface area (Å²) in [5.41, 5.74) is 6.62. The standard InChI is InChI=1S/C57H60N4O8S/c1-5-9-11-39(7-3)35-66-46-22-18-44(19-23-46)61(45-20-24-47(25-21-45)67-36-40(8-4)12-10-6-2)43-16-13-41(14-17-43)56-54-55(65-30-29-64-54)57(70-56)42-15-26-50(59-34-42)52-32-49(69-38-63)33-53(60-52)51-31-48(68-37-62)27-28-58-51/h13-28,31-34,37-40H,5-12,29-30,35-36H2,1-4H3. The van der Waals surface area contributed by atoms with Crippen molar-refractivity contribution in [3.05, 3.63) is 122 Å². The average Bonchev–Trinajstić information content (AvgIpc) is 3.80. The number of nitrogens with zero attached hydrogens (tertiary/aromatic N) is 4. The van der Waals surface area contributed by atoms with Crippen molar-refractivity contribution in [2.45, 2.75) is 79.1 Å². The highest BCUT2D eigenvalue weighted by atomic mass is 32.1. The number of fused-ring (bicyclic) bond motifs is 1. The molecule has 2 atom stereocenters. The molecule has 0 bridgehead atoms. The Balaban J connectivity index is 1.07. The number of hydrogen-bond acceptors (Lipinski definition) is 13. The molecule has 0 amide bonds. The van der Waals surface area contributed by atoms with Crippen molar-refractivity contribution in [1.82, 2.24) is 15.0 Å². The van der Waals surface area contributed by atoms with Gasteiger partial charge >= 0.3 is 0 Å². The Labute approximate surface area is 414 Å². The first-order valence-electron chi connectivity index (χ1n) is 24.4. The summed E-state index contributed by atoms with van der Waals surface area (Å²) in [7, 11) is 0. The Kier molecular flexibility index (Phi) is 17.1. The number of thiophene rings is 1. The molecule has 70 heavy (non-hydrogen) atoms. The van der Waals surface area contributed by atoms with Crippen LogP contribution in [0.4, 0.5) is 17.1 Å². The van der Waals surface area contributed by atoms with Gasteiger partial charge in [0, 0.05) is 53.2 Å². The second-order valence-corrected chi connectivity index (χ2v) is 18.3. The Morgan fingerprint density at radius 3 is 1.59 bits per heavy atom. The molecule has 12 nitrogen and oxygen atoms in total. The quantitative estimate of drug-likeness (QED) is 0.0505. The Morgan fingerprint density at radius 2 is 1.07 bits per heavy atom. The number of rotatable bonds is 25. The van der Waals surface area contributed by atoms with E-state index in [0.29, 0.717) is 91.2 Å². The normalized spacial score (nSPS) is 12.7. The molecule has 0 aliphatic carbocycles. The van der Waals surface area contributed by atoms with Crippen molar-refractivity contribution in [2.75, 3.05) is 31.3 Å². The third-order valence-corrected chi connectivity index (χ3v) is 13.7. The zero-order valence-electron chi connectivity index (χ0n) is 40.3. The molecule has 8 rings (SSSR count). The second-order valence-electron chi connectivity index (χ2n) is 17.3. The minimum absolute atomic E-state index is 0.253. The van der Waals surface area contributed by atoms with E-state index in [-0.39, 0.29) is 5.75 Å². The molecule has 1 aliphatic rings. The predicted molar refractivity (Wildman–Crippen MR) is 276 cm³/mol. The third-order valence-electron chi connectivity index (χ3n) is 12.5. The number of aromatic nitrogens is 3. The van der Waals surface area contributed by atoms with Gasteiger partial charge in [0.15, 0.2) is 11.5 Å². The van der Waals surface area contributed by atoms with Gasteiger partial charge < -0.3 is 33.3 Å². The van der Waals surface area contributed by atoms with Crippen LogP contribution in [-0.4, -0.2) is 54.3 Å². The first kappa shape index (κ1) is 49.2. The summed E-state index contributed by atoms with van der Waals surface area (Å²) < 4.78 is 35.5. The first-order chi connectivity index (χ1) is 34.4. The van der Waals surface area contributed by atoms with Crippen LogP contribution in [0.25, 0.3) is 43.7 Å². The fourth-order valence-electron chi connectivity index (χ4n) is 8.40. The minimum atomic E-state index is 0.253. The lowest BCUT2D eigenvalue weighted by Crippen LogP contribution is -2.14. The number of hydrogen-bond donors (Lipinski definition) is 0. The topological polar surface area (TPSA) is 131 Å². The Bertz CT molecular complexity index is 2720. The number of benzene rings is 3. The molecule has 5 heterocycles. The lowest BCUT2D eigenvalue weighted by Gasteiger charge is -2.26. The fourth-order valence-corrected chi connectivity index (χ4v) is 9.58. The van der Waals surface area contributed by atoms with E-state index in [2.05, 4.69) is 110 Å². The SMILES string of the molecule is CCCCC(CC)COc1ccc(N(c2ccc(OCC(CC)CCCC)cc2)c2ccc(-c3sc(-c4ccc(-c5cc(OC=O)cc(-c6cc(OC=O)ccn6)n5)nc4)c4c3OCCO4)cc2)cc1. The lowest BCUT2D eigenvalue weighted by atomic mass is 10.0. The van der Waals surface area contributed by atoms with Gasteiger partial charge in [-0.2, -0.15) is 0 Å². The maximum absolute atomic E-state index is 11.4. The molecule has 0 saturated heterocycles. The van der Waals surface area contributed by atoms with Crippen molar-refractivity contribution in [3.63, 3.8) is 0 Å². The van der Waals surface area contributed by atoms with E-state index in [1.807, 2.05) is 12.1 Å². The van der Waals surface area contributed by atoms with Gasteiger partial charge in [-0.3, -0.25) is 19.6 Å². The average molecular weight is 961 g/mol. The van der Waals surface area contributed by atoms with Crippen molar-refractivity contribution >= 4 is 41.3 Å². The van der Waals surface area contributed by atoms with E-state index in [1.165, 1.54) is 44.7 Å². The fraction of sp³-hybridized carbons (Fsp3) is 0.316. The second kappa shape index (κ2) is 24.3. The van der Waals surface area contributed by atoms with Gasteiger partial charge in [-0.15, -0.1) is 11.3 Å². The van der Waals surface area contributed by atoms with E-state index in [4.69, 9.17) is 38.4 Å². The highest BCUT2D eigenvalue weighted by Gasteiger charge is 2.27. The highest BCUT2D eigenvalue weighted by molar-refractivity contribution is 7.19. The van der Waals surface area contributed by atoms with Crippen molar-refractivity contribution in [1.29, 1.82) is 0 Å². The summed E-state index contributed by atoms with van der Waals surface area (Å²) in [5.74, 6) is 4.74. The summed E-state index contributed by atoms with van der Waals surface area (Å²) in [6.07, 6.45) is 12.7. The molecule has 7 aromatic rings. The predicted octanol–water partition coefficient (Wildman–Crippen LogP) is 14.1. The first-order valence-corrected chi connectivity index (χ1v) is 25.2. The molecular formula is C57H60N4O8S. The maximum Gasteiger partial charge on any atom is 0.298 e. The molecule has 0 radical (unpaired) electrons. The van der Waals surface area contributed by atoms with Gasteiger partial charge in [-0.25, -0.2) is 4.98 Å². The third kappa shape index (κ3) is 12.1. The van der Waals surface area contributed by atoms with Crippen LogP contribution in [0.2, 0.25) is 0 Å². The van der Waals surface area contributed by atoms with E-state index in [0.717, 1.165) is 62.3 Å². The molecule has 4 aromatic heterocycles. The number of carbonyl (C=O) groups is 2. The highest BCUT2D eigenvalue weighted by Crippen LogP contribution is 2.54. The molecular weight excluding hydrogens is 901 g/mol. The summed E-state index contributed by atoms with van der Waals surface area (Å²) in [4.78, 5) is 40.4. The number of unbranched alkanes of at least 4 members (excludes halogenated alkanes) is 2. The smallest absolute Gasteiger partial charge is 0.298 e. The Morgan fingerprint density at radius 1 is 0.571 bits per heavy atom. The number of anilines is 3. The molecule has 1 aliphatic heterocycles. The van der Waals surface area contributed by atoms with Crippen LogP contribution in [0.1, 0.15) is 79.1 Å². The van der Waals surface area contributed by atoms with Crippen LogP contribution in [-0.2, 0) is 9.59 Å². The molecule has 0 saturated carbocycles. The van der Waals surface area contributed by atoms with E-state index >= 15 is 0 Å². The van der Waals surface area contributed by atoms with Crippen LogP contribution in [0.15, 0.2) is 122 Å². The van der Waals surface area contributed by atoms with Crippen LogP contribution in [0.3, 0.4) is 0 Å². The molecule has 0 N–H and O–H groups in total. The van der Waals surface area contributed by atoms with Gasteiger partial charge in [-0.05, 0) is 109 Å². The summed E-state index contributed by atoms with van der Waals surface area (Å²) in [6.45, 7) is 11.9. The molecule has 0 fully saturated rings. The summed E-state index contributed by atoms with van der Waals surface area (Å²) in [5, 5.41) is 0. The van der Waals surface area contributed by atoms with Crippen LogP contribution in [0, 0.1) is 11.8 Å². The van der Waals surface area contributed by atoms with Crippen LogP contribution >= 0.6 is 11.3 Å². The molecule has 3 aromatic carbocycles. The summed E-state index contributed by atoms with van der Waals surface area (Å²) in [6, 6.07) is 35.4. The van der Waals surface area contributed by atoms with E-state index in [1.54, 1.807) is 41.8 Å². The molecule has 2 unspecified atom stereocenters. The van der Waals surface area contributed by atoms with Gasteiger partial charge in [0.2, 0.25) is 0 Å². The van der Waals surface area contributed by atoms with Gasteiger partial charge in [0.05, 0.1) is 45.7 Å². The van der Waals surface area contributed by atoms with Gasteiger partial charge in [0.1, 0.15) is 36.2 Å². The van der Waals surface area contributed by atoms with Gasteiger partial charge in [-0.1, -0.05) is 78.4 Å². The minimum Gasteiger partial charge on any atom is -0.493 e. The molecule has 13 heteroatoms. The zero-order valence-corrected chi connectivity index (χ0v) is 41.1. The van der Waals surface area contributed by atoms with E-state index < -0.39 is 0 Å². The largest absolute Gasteiger partial charge is 0.493 e. The monoisotopic (exact) mass is 960 g/mol. The van der Waals surface area contributed by atoms with Crippen molar-refractivity contribution < 1.29 is 38.0 Å². The van der Waals surface area contributed by atoms with Crippen LogP contribution < -0.4 is 33.3 Å². The maximum atomic E-state index is 11.4. The van der Waals surface area contributed by atoms with Gasteiger partial charge in [0.25, 0.3) is 12.9 Å². The lowest BCUT2D eigenvalue weighted by molar-refractivity contribution is -0.121. The van der Waals surface area contributed by atoms with Crippen molar-refractivity contribution in [3.8, 4) is 78.2 Å². The van der Waals surface area contributed by atoms with Crippen LogP contribution in [0.5, 0.6) is 34.5 Å². The number of pyridine rings is 3. The van der Waals surface area contributed by atoms with Crippen molar-refractivity contribution in [2.24, 2.45) is 11.8 Å². The zero-order chi connectivity index (χ0) is 48.7. The summed E-state index contributed by atoms with van der Waals surface area (Å²) >= 11 is 1.58. The number of ether oxygens (including phenoxy) is 6. The Hall–Kier alpha value is -7.25. The molecule has 0 spiro atoms. The van der Waals surface area contributed by atoms with E-state index in [9.17, 15) is 9.59 Å². The molecule has 362 valence electrons. The number of carbonyl (C=O) groups excluding carboxylic acids is 2.